The first-order valence-electron chi connectivity index (χ1n) is 7.13. The van der Waals surface area contributed by atoms with Crippen LogP contribution in [0.4, 0.5) is 5.69 Å². The van der Waals surface area contributed by atoms with Crippen LogP contribution in [0.2, 0.25) is 0 Å². The molecule has 0 radical (unpaired) electrons. The molecular formula is C17H21NO3. The molecule has 0 aliphatic carbocycles. The van der Waals surface area contributed by atoms with E-state index in [1.165, 1.54) is 0 Å². The SMILES string of the molecule is CCCOc1cccc(Oc2ccc(CCO)cc2)c1N. The molecule has 0 saturated heterocycles. The van der Waals surface area contributed by atoms with Crippen LogP contribution in [-0.2, 0) is 6.42 Å². The quantitative estimate of drug-likeness (QED) is 0.766. The zero-order chi connectivity index (χ0) is 15.1. The maximum atomic E-state index is 8.90. The van der Waals surface area contributed by atoms with Gasteiger partial charge in [0.1, 0.15) is 17.2 Å². The number of nitrogen functional groups attached to an aromatic ring is 1. The number of hydrogen-bond donors (Lipinski definition) is 2. The number of para-hydroxylation sites is 1. The molecule has 0 bridgehead atoms. The van der Waals surface area contributed by atoms with Crippen LogP contribution >= 0.6 is 0 Å². The lowest BCUT2D eigenvalue weighted by molar-refractivity contribution is 0.299. The van der Waals surface area contributed by atoms with Crippen molar-refractivity contribution in [1.29, 1.82) is 0 Å². The van der Waals surface area contributed by atoms with E-state index in [2.05, 4.69) is 0 Å². The van der Waals surface area contributed by atoms with Crippen molar-refractivity contribution < 1.29 is 14.6 Å². The van der Waals surface area contributed by atoms with Crippen LogP contribution in [-0.4, -0.2) is 18.3 Å². The first-order valence-corrected chi connectivity index (χ1v) is 7.13. The van der Waals surface area contributed by atoms with E-state index in [9.17, 15) is 0 Å². The first-order chi connectivity index (χ1) is 10.2. The van der Waals surface area contributed by atoms with Crippen molar-refractivity contribution in [2.75, 3.05) is 18.9 Å². The fourth-order valence-corrected chi connectivity index (χ4v) is 1.93. The third kappa shape index (κ3) is 4.13. The van der Waals surface area contributed by atoms with Crippen LogP contribution in [0.5, 0.6) is 17.2 Å². The van der Waals surface area contributed by atoms with Crippen molar-refractivity contribution in [3.63, 3.8) is 0 Å². The largest absolute Gasteiger partial charge is 0.491 e. The second-order valence-corrected chi connectivity index (χ2v) is 4.74. The van der Waals surface area contributed by atoms with Crippen LogP contribution in [0, 0.1) is 0 Å². The molecule has 2 aromatic rings. The van der Waals surface area contributed by atoms with Crippen LogP contribution in [0.1, 0.15) is 18.9 Å². The Morgan fingerprint density at radius 2 is 1.76 bits per heavy atom. The van der Waals surface area contributed by atoms with E-state index in [4.69, 9.17) is 20.3 Å². The lowest BCUT2D eigenvalue weighted by Crippen LogP contribution is -2.00. The number of anilines is 1. The van der Waals surface area contributed by atoms with E-state index in [0.29, 0.717) is 36.0 Å². The number of ether oxygens (including phenoxy) is 2. The highest BCUT2D eigenvalue weighted by molar-refractivity contribution is 5.63. The second-order valence-electron chi connectivity index (χ2n) is 4.74. The Bertz CT molecular complexity index is 567. The molecule has 0 fully saturated rings. The van der Waals surface area contributed by atoms with Gasteiger partial charge in [0.2, 0.25) is 0 Å². The van der Waals surface area contributed by atoms with Crippen molar-refractivity contribution in [2.45, 2.75) is 19.8 Å². The highest BCUT2D eigenvalue weighted by Gasteiger charge is 2.08. The zero-order valence-electron chi connectivity index (χ0n) is 12.2. The smallest absolute Gasteiger partial charge is 0.154 e. The maximum Gasteiger partial charge on any atom is 0.154 e. The van der Waals surface area contributed by atoms with Gasteiger partial charge < -0.3 is 20.3 Å². The van der Waals surface area contributed by atoms with Crippen LogP contribution in [0.3, 0.4) is 0 Å². The summed E-state index contributed by atoms with van der Waals surface area (Å²) in [6, 6.07) is 13.1. The number of aliphatic hydroxyl groups excluding tert-OH is 1. The number of nitrogens with two attached hydrogens (primary N) is 1. The van der Waals surface area contributed by atoms with Gasteiger partial charge in [-0.15, -0.1) is 0 Å². The van der Waals surface area contributed by atoms with Crippen molar-refractivity contribution in [2.24, 2.45) is 0 Å². The monoisotopic (exact) mass is 287 g/mol. The molecule has 0 atom stereocenters. The van der Waals surface area contributed by atoms with Gasteiger partial charge in [0, 0.05) is 6.61 Å². The standard InChI is InChI=1S/C17H21NO3/c1-2-12-20-15-4-3-5-16(17(15)18)21-14-8-6-13(7-9-14)10-11-19/h3-9,19H,2,10-12,18H2,1H3. The molecular weight excluding hydrogens is 266 g/mol. The van der Waals surface area contributed by atoms with E-state index < -0.39 is 0 Å². The van der Waals surface area contributed by atoms with Gasteiger partial charge >= 0.3 is 0 Å². The summed E-state index contributed by atoms with van der Waals surface area (Å²) in [5.41, 5.74) is 7.64. The van der Waals surface area contributed by atoms with Crippen molar-refractivity contribution in [1.82, 2.24) is 0 Å². The van der Waals surface area contributed by atoms with E-state index in [1.807, 2.05) is 49.4 Å². The predicted molar refractivity (Wildman–Crippen MR) is 83.9 cm³/mol. The minimum atomic E-state index is 0.143. The average molecular weight is 287 g/mol. The van der Waals surface area contributed by atoms with Gasteiger partial charge in [0.05, 0.1) is 6.61 Å². The summed E-state index contributed by atoms with van der Waals surface area (Å²) in [6.45, 7) is 2.82. The molecule has 0 spiro atoms. The zero-order valence-corrected chi connectivity index (χ0v) is 12.2. The van der Waals surface area contributed by atoms with Crippen molar-refractivity contribution >= 4 is 5.69 Å². The molecule has 21 heavy (non-hydrogen) atoms. The fraction of sp³-hybridized carbons (Fsp3) is 0.294. The topological polar surface area (TPSA) is 64.7 Å². The molecule has 2 rings (SSSR count). The summed E-state index contributed by atoms with van der Waals surface area (Å²) in [4.78, 5) is 0. The number of hydrogen-bond acceptors (Lipinski definition) is 4. The van der Waals surface area contributed by atoms with Gasteiger partial charge in [-0.05, 0) is 42.7 Å². The number of benzene rings is 2. The third-order valence-electron chi connectivity index (χ3n) is 3.04. The van der Waals surface area contributed by atoms with Gasteiger partial charge in [-0.25, -0.2) is 0 Å². The van der Waals surface area contributed by atoms with E-state index in [1.54, 1.807) is 0 Å². The van der Waals surface area contributed by atoms with E-state index in [-0.39, 0.29) is 6.61 Å². The Labute approximate surface area is 125 Å². The maximum absolute atomic E-state index is 8.90. The molecule has 0 aliphatic rings. The molecule has 4 nitrogen and oxygen atoms in total. The highest BCUT2D eigenvalue weighted by Crippen LogP contribution is 2.34. The molecule has 0 unspecified atom stereocenters. The van der Waals surface area contributed by atoms with Gasteiger partial charge in [-0.3, -0.25) is 0 Å². The molecule has 0 aromatic heterocycles. The summed E-state index contributed by atoms with van der Waals surface area (Å²) in [5.74, 6) is 1.93. The summed E-state index contributed by atoms with van der Waals surface area (Å²) in [5, 5.41) is 8.90. The highest BCUT2D eigenvalue weighted by atomic mass is 16.5. The molecule has 4 heteroatoms. The molecule has 0 saturated carbocycles. The van der Waals surface area contributed by atoms with E-state index in [0.717, 1.165) is 12.0 Å². The number of aliphatic hydroxyl groups is 1. The van der Waals surface area contributed by atoms with Crippen molar-refractivity contribution in [3.05, 3.63) is 48.0 Å². The summed E-state index contributed by atoms with van der Waals surface area (Å²) >= 11 is 0. The Morgan fingerprint density at radius 3 is 2.43 bits per heavy atom. The van der Waals surface area contributed by atoms with Gasteiger partial charge in [0.15, 0.2) is 5.75 Å². The van der Waals surface area contributed by atoms with Gasteiger partial charge in [-0.2, -0.15) is 0 Å². The Balaban J connectivity index is 2.11. The van der Waals surface area contributed by atoms with Crippen LogP contribution in [0.25, 0.3) is 0 Å². The normalized spacial score (nSPS) is 10.4. The lowest BCUT2D eigenvalue weighted by Gasteiger charge is -2.13. The predicted octanol–water partition coefficient (Wildman–Crippen LogP) is 3.38. The molecule has 2 aromatic carbocycles. The molecule has 0 amide bonds. The Hall–Kier alpha value is -2.20. The van der Waals surface area contributed by atoms with Gasteiger partial charge in [-0.1, -0.05) is 25.1 Å². The number of rotatable bonds is 7. The third-order valence-corrected chi connectivity index (χ3v) is 3.04. The Morgan fingerprint density at radius 1 is 1.05 bits per heavy atom. The molecule has 3 N–H and O–H groups in total. The van der Waals surface area contributed by atoms with E-state index >= 15 is 0 Å². The lowest BCUT2D eigenvalue weighted by atomic mass is 10.1. The second kappa shape index (κ2) is 7.55. The fourth-order valence-electron chi connectivity index (χ4n) is 1.93. The van der Waals surface area contributed by atoms with Gasteiger partial charge in [0.25, 0.3) is 0 Å². The molecule has 0 heterocycles. The van der Waals surface area contributed by atoms with Crippen LogP contribution < -0.4 is 15.2 Å². The summed E-state index contributed by atoms with van der Waals surface area (Å²) in [7, 11) is 0. The molecule has 112 valence electrons. The molecule has 0 aliphatic heterocycles. The summed E-state index contributed by atoms with van der Waals surface area (Å²) < 4.78 is 11.4. The average Bonchev–Trinajstić information content (AvgIpc) is 2.50. The van der Waals surface area contributed by atoms with Crippen molar-refractivity contribution in [3.8, 4) is 17.2 Å². The Kier molecular flexibility index (Phi) is 5.46. The van der Waals surface area contributed by atoms with Crippen LogP contribution in [0.15, 0.2) is 42.5 Å². The minimum absolute atomic E-state index is 0.143. The summed E-state index contributed by atoms with van der Waals surface area (Å²) in [6.07, 6.45) is 1.57. The first kappa shape index (κ1) is 15.2. The minimum Gasteiger partial charge on any atom is -0.491 e.